The average molecular weight is 172 g/mol. The van der Waals surface area contributed by atoms with Crippen LogP contribution in [0.5, 0.6) is 0 Å². The van der Waals surface area contributed by atoms with Gasteiger partial charge in [0, 0.05) is 4.75 Å². The summed E-state index contributed by atoms with van der Waals surface area (Å²) in [6.07, 6.45) is 0. The number of methoxy groups -OCH3 is 1. The summed E-state index contributed by atoms with van der Waals surface area (Å²) in [6, 6.07) is -0.391. The van der Waals surface area contributed by atoms with Crippen LogP contribution in [0.1, 0.15) is 13.8 Å². The molecule has 1 unspecified atom stereocenters. The maximum Gasteiger partial charge on any atom is 0.332 e. The molecule has 3 nitrogen and oxygen atoms in total. The number of hydrogen-bond acceptors (Lipinski definition) is 4. The molecule has 0 amide bonds. The largest absolute Gasteiger partial charge is 0.467 e. The predicted molar refractivity (Wildman–Crippen MR) is 44.9 cm³/mol. The van der Waals surface area contributed by atoms with Gasteiger partial charge in [0.25, 0.3) is 0 Å². The third kappa shape index (κ3) is 1.56. The van der Waals surface area contributed by atoms with Crippen molar-refractivity contribution in [1.29, 1.82) is 0 Å². The summed E-state index contributed by atoms with van der Waals surface area (Å²) in [7, 11) is 1.37. The summed E-state index contributed by atoms with van der Waals surface area (Å²) in [5.41, 5.74) is 2.72. The third-order valence-corrected chi connectivity index (χ3v) is 2.52. The minimum atomic E-state index is -0.391. The van der Waals surface area contributed by atoms with E-state index in [-0.39, 0.29) is 10.7 Å². The number of esters is 1. The number of hydrogen-bond donors (Lipinski definition) is 0. The minimum Gasteiger partial charge on any atom is -0.467 e. The van der Waals surface area contributed by atoms with E-state index >= 15 is 0 Å². The van der Waals surface area contributed by atoms with E-state index in [1.807, 2.05) is 13.8 Å². The molecule has 0 spiro atoms. The van der Waals surface area contributed by atoms with Crippen LogP contribution in [0.2, 0.25) is 0 Å². The summed E-state index contributed by atoms with van der Waals surface area (Å²) in [5.74, 6) is -0.285. The smallest absolute Gasteiger partial charge is 0.332 e. The molecule has 1 aliphatic rings. The van der Waals surface area contributed by atoms with Crippen molar-refractivity contribution in [3.63, 3.8) is 0 Å². The minimum absolute atomic E-state index is 0.201. The van der Waals surface area contributed by atoms with Crippen LogP contribution < -0.4 is 0 Å². The highest BCUT2D eigenvalue weighted by molar-refractivity contribution is 8.13. The highest BCUT2D eigenvalue weighted by atomic mass is 32.2. The normalized spacial score (nSPS) is 27.0. The quantitative estimate of drug-likeness (QED) is 0.553. The molecule has 0 aromatic carbocycles. The fourth-order valence-electron chi connectivity index (χ4n) is 0.856. The zero-order chi connectivity index (χ0) is 8.48. The number of aliphatic imine (C=N–C) groups is 1. The number of ether oxygens (including phenoxy) is 1. The highest BCUT2D eigenvalue weighted by Gasteiger charge is 2.39. The van der Waals surface area contributed by atoms with Crippen LogP contribution in [0, 0.1) is 0 Å². The van der Waals surface area contributed by atoms with E-state index in [2.05, 4.69) is 15.3 Å². The average Bonchev–Trinajstić information content (AvgIpc) is 2.28. The van der Waals surface area contributed by atoms with Crippen molar-refractivity contribution in [3.05, 3.63) is 0 Å². The van der Waals surface area contributed by atoms with E-state index in [4.69, 9.17) is 0 Å². The van der Waals surface area contributed by atoms with Gasteiger partial charge in [-0.2, -0.15) is 0 Å². The molecule has 0 aromatic heterocycles. The molecule has 1 radical (unpaired) electrons. The molecule has 11 heavy (non-hydrogen) atoms. The topological polar surface area (TPSA) is 38.7 Å². The van der Waals surface area contributed by atoms with Crippen molar-refractivity contribution in [2.75, 3.05) is 7.11 Å². The molecular formula is C7H10NO2S. The van der Waals surface area contributed by atoms with Crippen LogP contribution in [0.25, 0.3) is 0 Å². The molecule has 1 atom stereocenters. The van der Waals surface area contributed by atoms with Crippen molar-refractivity contribution < 1.29 is 9.53 Å². The van der Waals surface area contributed by atoms with Crippen molar-refractivity contribution in [3.8, 4) is 0 Å². The zero-order valence-electron chi connectivity index (χ0n) is 6.75. The molecule has 0 aliphatic carbocycles. The Bertz CT molecular complexity index is 201. The van der Waals surface area contributed by atoms with Crippen LogP contribution in [0.15, 0.2) is 4.99 Å². The molecule has 1 heterocycles. The first-order valence-corrected chi connectivity index (χ1v) is 4.10. The molecule has 1 rings (SSSR count). The van der Waals surface area contributed by atoms with Gasteiger partial charge in [0.2, 0.25) is 0 Å². The van der Waals surface area contributed by atoms with E-state index in [1.165, 1.54) is 18.9 Å². The fraction of sp³-hybridized carbons (Fsp3) is 0.714. The van der Waals surface area contributed by atoms with Crippen LogP contribution in [-0.4, -0.2) is 29.4 Å². The van der Waals surface area contributed by atoms with E-state index in [0.717, 1.165) is 0 Å². The maximum atomic E-state index is 11.1. The highest BCUT2D eigenvalue weighted by Crippen LogP contribution is 2.34. The van der Waals surface area contributed by atoms with Crippen LogP contribution in [0.3, 0.4) is 0 Å². The van der Waals surface area contributed by atoms with Gasteiger partial charge in [0.15, 0.2) is 6.04 Å². The summed E-state index contributed by atoms with van der Waals surface area (Å²) in [4.78, 5) is 15.0. The van der Waals surface area contributed by atoms with Crippen molar-refractivity contribution in [1.82, 2.24) is 0 Å². The first kappa shape index (κ1) is 8.59. The first-order chi connectivity index (χ1) is 5.08. The second-order valence-electron chi connectivity index (χ2n) is 2.85. The number of thioether (sulfide) groups is 1. The molecule has 61 valence electrons. The Morgan fingerprint density at radius 2 is 2.36 bits per heavy atom. The molecule has 0 N–H and O–H groups in total. The third-order valence-electron chi connectivity index (χ3n) is 1.57. The number of nitrogens with zero attached hydrogens (tertiary/aromatic N) is 1. The van der Waals surface area contributed by atoms with Gasteiger partial charge in [0.1, 0.15) is 5.55 Å². The van der Waals surface area contributed by atoms with E-state index in [0.29, 0.717) is 0 Å². The van der Waals surface area contributed by atoms with Gasteiger partial charge < -0.3 is 4.74 Å². The number of rotatable bonds is 1. The van der Waals surface area contributed by atoms with E-state index in [1.54, 1.807) is 0 Å². The molecule has 1 aliphatic heterocycles. The predicted octanol–water partition coefficient (Wildman–Crippen LogP) is 0.959. The summed E-state index contributed by atoms with van der Waals surface area (Å²) < 4.78 is 4.38. The lowest BCUT2D eigenvalue weighted by atomic mass is 10.0. The monoisotopic (exact) mass is 172 g/mol. The van der Waals surface area contributed by atoms with Crippen LogP contribution >= 0.6 is 11.8 Å². The Kier molecular flexibility index (Phi) is 2.23. The molecule has 0 fully saturated rings. The lowest BCUT2D eigenvalue weighted by Crippen LogP contribution is -2.35. The van der Waals surface area contributed by atoms with Gasteiger partial charge in [-0.3, -0.25) is 4.99 Å². The maximum absolute atomic E-state index is 11.1. The van der Waals surface area contributed by atoms with Gasteiger partial charge in [-0.1, -0.05) is 11.8 Å². The zero-order valence-corrected chi connectivity index (χ0v) is 7.57. The Labute approximate surface area is 70.2 Å². The van der Waals surface area contributed by atoms with Crippen LogP contribution in [-0.2, 0) is 9.53 Å². The fourth-order valence-corrected chi connectivity index (χ4v) is 1.51. The molecule has 0 bridgehead atoms. The second kappa shape index (κ2) is 2.85. The van der Waals surface area contributed by atoms with Gasteiger partial charge in [-0.05, 0) is 13.8 Å². The van der Waals surface area contributed by atoms with Gasteiger partial charge in [-0.25, -0.2) is 4.79 Å². The first-order valence-electron chi connectivity index (χ1n) is 3.28. The Morgan fingerprint density at radius 1 is 1.73 bits per heavy atom. The van der Waals surface area contributed by atoms with Crippen molar-refractivity contribution >= 4 is 23.3 Å². The van der Waals surface area contributed by atoms with Crippen molar-refractivity contribution in [2.45, 2.75) is 24.6 Å². The molecule has 0 saturated carbocycles. The summed E-state index contributed by atoms with van der Waals surface area (Å²) >= 11 is 1.43. The van der Waals surface area contributed by atoms with E-state index in [9.17, 15) is 4.79 Å². The number of carbonyl (C=O) groups is 1. The second-order valence-corrected chi connectivity index (χ2v) is 4.29. The lowest BCUT2D eigenvalue weighted by Gasteiger charge is -2.20. The van der Waals surface area contributed by atoms with Crippen LogP contribution in [0.4, 0.5) is 0 Å². The van der Waals surface area contributed by atoms with Gasteiger partial charge in [-0.15, -0.1) is 0 Å². The number of carbonyl (C=O) groups excluding carboxylic acids is 1. The standard InChI is InChI=1S/C7H10NO2S/c1-7(2)5(6(9)10-3)8-4-11-7/h5H,1-3H3. The van der Waals surface area contributed by atoms with Crippen molar-refractivity contribution in [2.24, 2.45) is 4.99 Å². The van der Waals surface area contributed by atoms with Gasteiger partial charge in [0.05, 0.1) is 7.11 Å². The lowest BCUT2D eigenvalue weighted by molar-refractivity contribution is -0.142. The Balaban J connectivity index is 2.72. The molecule has 0 saturated heterocycles. The SMILES string of the molecule is COC(=O)C1N=[C]SC1(C)C. The Hall–Kier alpha value is -0.510. The van der Waals surface area contributed by atoms with Gasteiger partial charge >= 0.3 is 5.97 Å². The Morgan fingerprint density at radius 3 is 2.73 bits per heavy atom. The van der Waals surface area contributed by atoms with E-state index < -0.39 is 6.04 Å². The molecule has 4 heteroatoms. The molecular weight excluding hydrogens is 162 g/mol. The summed E-state index contributed by atoms with van der Waals surface area (Å²) in [5, 5.41) is 0. The molecule has 0 aromatic rings. The summed E-state index contributed by atoms with van der Waals surface area (Å²) in [6.45, 7) is 3.89.